The van der Waals surface area contributed by atoms with Crippen molar-refractivity contribution in [2.75, 3.05) is 141 Å². The molecule has 0 saturated carbocycles. The number of hydrogen-bond acceptors (Lipinski definition) is 39. The third kappa shape index (κ3) is 38.0. The zero-order chi connectivity index (χ0) is 105. The predicted molar refractivity (Wildman–Crippen MR) is 512 cm³/mol. The Hall–Kier alpha value is -12.9. The summed E-state index contributed by atoms with van der Waals surface area (Å²) in [5.74, 6) is 0.0432. The number of epoxide rings is 1. The van der Waals surface area contributed by atoms with E-state index in [-0.39, 0.29) is 176 Å². The van der Waals surface area contributed by atoms with Crippen molar-refractivity contribution < 1.29 is 144 Å². The first-order chi connectivity index (χ1) is 67.3. The molecule has 12 N–H and O–H groups in total. The monoisotopic (exact) mass is 2030 g/mol. The number of rotatable bonds is 27. The third-order valence-electron chi connectivity index (χ3n) is 19.8. The molecule has 0 aliphatic carbocycles. The van der Waals surface area contributed by atoms with Crippen LogP contribution in [0.15, 0.2) is 78.8 Å². The van der Waals surface area contributed by atoms with Crippen LogP contribution in [-0.4, -0.2) is 329 Å². The number of aromatic nitrogens is 12. The van der Waals surface area contributed by atoms with Crippen LogP contribution in [-0.2, 0) is 62.3 Å². The highest BCUT2D eigenvalue weighted by atomic mass is 19.1. The van der Waals surface area contributed by atoms with E-state index in [1.165, 1.54) is 57.4 Å². The molecule has 1 fully saturated rings. The summed E-state index contributed by atoms with van der Waals surface area (Å²) >= 11 is 0. The Bertz CT molecular complexity index is 5540. The maximum atomic E-state index is 14.5. The van der Waals surface area contributed by atoms with Gasteiger partial charge in [-0.3, -0.25) is 9.59 Å². The smallest absolute Gasteiger partial charge is 0.407 e. The van der Waals surface area contributed by atoms with E-state index in [1.54, 1.807) is 102 Å². The number of aliphatic hydroxyl groups excluding tert-OH is 7. The summed E-state index contributed by atoms with van der Waals surface area (Å²) in [6.07, 6.45) is 8.56. The second kappa shape index (κ2) is 57.4. The van der Waals surface area contributed by atoms with Crippen LogP contribution in [0.1, 0.15) is 186 Å². The van der Waals surface area contributed by atoms with Gasteiger partial charge >= 0.3 is 30.2 Å². The molecule has 0 radical (unpaired) electrons. The summed E-state index contributed by atoms with van der Waals surface area (Å²) in [6.45, 7) is 34.0. The highest BCUT2D eigenvalue weighted by Gasteiger charge is 2.36. The van der Waals surface area contributed by atoms with Gasteiger partial charge < -0.3 is 143 Å². The van der Waals surface area contributed by atoms with Gasteiger partial charge in [-0.05, 0) is 135 Å². The van der Waals surface area contributed by atoms with Gasteiger partial charge in [0.15, 0.2) is 51.6 Å². The number of methoxy groups -OCH3 is 2. The average Bonchev–Trinajstić information content (AvgIpc) is 1.72. The van der Waals surface area contributed by atoms with Crippen molar-refractivity contribution in [1.82, 2.24) is 80.0 Å². The largest absolute Gasteiger partial charge is 0.486 e. The summed E-state index contributed by atoms with van der Waals surface area (Å²) in [5, 5.41) is 83.5. The number of nitrogens with zero attached hydrogens (tertiary/aromatic N) is 14. The first-order valence-electron chi connectivity index (χ1n) is 45.9. The Morgan fingerprint density at radius 2 is 1.01 bits per heavy atom. The Morgan fingerprint density at radius 1 is 0.552 bits per heavy atom. The van der Waals surface area contributed by atoms with E-state index in [2.05, 4.69) is 71.0 Å². The van der Waals surface area contributed by atoms with Crippen molar-refractivity contribution in [3.8, 4) is 29.0 Å². The normalized spacial score (nSPS) is 16.7. The predicted octanol–water partition coefficient (Wildman–Crippen LogP) is 6.74. The second-order valence-corrected chi connectivity index (χ2v) is 35.1. The number of amides is 4. The molecule has 1 saturated heterocycles. The molecule has 0 aromatic carbocycles. The third-order valence-corrected chi connectivity index (χ3v) is 19.8. The topological polar surface area (TPSA) is 584 Å². The molecule has 9 atom stereocenters. The number of aromatic amines is 1. The number of carbonyl (C=O) groups is 6. The molecule has 14 rings (SSSR count). The van der Waals surface area contributed by atoms with Gasteiger partial charge in [-0.25, -0.2) is 75.6 Å². The van der Waals surface area contributed by atoms with Gasteiger partial charge in [0.25, 0.3) is 11.5 Å². The summed E-state index contributed by atoms with van der Waals surface area (Å²) in [6, 6.07) is 3.46. The van der Waals surface area contributed by atoms with Crippen molar-refractivity contribution in [3.63, 3.8) is 0 Å². The molecule has 14 heterocycles. The number of alkyl carbamates (subject to hydrolysis) is 3. The van der Waals surface area contributed by atoms with Crippen LogP contribution >= 0.6 is 0 Å². The first kappa shape index (κ1) is 119. The fourth-order valence-corrected chi connectivity index (χ4v) is 12.4. The lowest BCUT2D eigenvalue weighted by molar-refractivity contribution is -0.0568. The van der Waals surface area contributed by atoms with Crippen LogP contribution < -0.4 is 65.2 Å². The maximum absolute atomic E-state index is 14.5. The fourth-order valence-electron chi connectivity index (χ4n) is 12.4. The van der Waals surface area contributed by atoms with E-state index < -0.39 is 101 Å². The molecule has 9 aromatic heterocycles. The second-order valence-electron chi connectivity index (χ2n) is 35.1. The number of halogens is 3. The van der Waals surface area contributed by atoms with Crippen molar-refractivity contribution in [1.29, 1.82) is 0 Å². The van der Waals surface area contributed by atoms with Crippen LogP contribution in [0.25, 0.3) is 16.9 Å². The molecule has 47 nitrogen and oxygen atoms in total. The molecule has 0 spiro atoms. The quantitative estimate of drug-likeness (QED) is 0.00833. The molecular weight excluding hydrogens is 1890 g/mol. The SMILES string of the molecule is C.CC(C)(C)OC(=O)NC[C@@H](O)CO.CCOC.CCOC(=O)c1cnn2cc3c(nc12)N(Cc1cc(F)c[nH]c1=O)[C@H](C)CO3.CCOC(=O)c1cnn2cc3c(nc12)N(Cc1cc(F)cnc1O[C@@H](CNC(=O)OC(C)(C)C)COCOC)[C@H](C)CO3.CC[C@@H](O)CO.CC[C@H](O)CNC(=O)OC(C)(C)C.C[C@@H]1COc2cn3ncc4c3nc2N1Cc1cc(F)cnc1O[C@H](CO)CNC4=O.OC[C@H]1CO1. The van der Waals surface area contributed by atoms with Gasteiger partial charge in [-0.2, -0.15) is 15.3 Å². The maximum Gasteiger partial charge on any atom is 0.407 e. The van der Waals surface area contributed by atoms with Gasteiger partial charge in [-0.15, -0.1) is 0 Å². The standard InChI is InChI=1S/C28H37FN6O8.C19H19FN6O4.C18H18FN5O4.C9H19NO3.C8H17NO4.C4H10O2.C3H6O2.C3H8O.CH4/c1-7-40-26(36)21-11-32-35-13-22-24(33-23(21)35)34(17(2)14-41-22)12-18-8-19(29)9-30-25(18)42-20(15-39-16-38-6)10-31-27(37)43-28(3,4)5;1-10-9-29-15-7-26-16-14(5-23-26)18(28)21-4-13(8-27)30-19-11(2-12(20)3-22-19)6-25(10)17(15)24-16;1-3-27-18(26)13-6-21-24-8-14-16(22-15(13)24)23(10(2)9-28-14)7-11-4-12(19)5-20-17(11)25;1-5-7(11)6-10-8(12)13-9(2,3)4;1-8(2,3)13-7(12)9-4-6(11)5-10;1-2-4(6)3-5;4-1-3-2-5-3;1-3-4-2;/h8-9,11,13,17,20H,7,10,12,14-16H2,1-6H3,(H,31,37);2-3,5,7,10,13,27H,4,6,8-9H2,1H3,(H,21,28);4-6,8,10H,3,7,9H2,1-2H3,(H,20,25);7,11H,5-6H2,1-4H3,(H,10,12);6,10-11H,4-5H2,1-3H3,(H,9,12);4-6H,2-3H2,1H3;3-4H,1-2H2;3H2,1-2H3;1H4/t17-,20+;10-,13+;10-;7-;6-;4-;3-;;/m1110110../s1. The van der Waals surface area contributed by atoms with Crippen molar-refractivity contribution in [2.45, 2.75) is 229 Å². The van der Waals surface area contributed by atoms with E-state index in [4.69, 9.17) is 92.5 Å². The summed E-state index contributed by atoms with van der Waals surface area (Å²) in [7, 11) is 3.16. The number of H-pyrrole nitrogens is 1. The zero-order valence-corrected chi connectivity index (χ0v) is 83.3. The van der Waals surface area contributed by atoms with Crippen LogP contribution in [0.5, 0.6) is 29.0 Å². The number of hydrogen-bond donors (Lipinski definition) is 12. The number of ether oxygens (including phenoxy) is 14. The number of carbonyl (C=O) groups excluding carboxylic acids is 6. The molecule has 5 aliphatic rings. The van der Waals surface area contributed by atoms with E-state index >= 15 is 0 Å². The Balaban J connectivity index is 0.000000277. The lowest BCUT2D eigenvalue weighted by Gasteiger charge is -2.36. The van der Waals surface area contributed by atoms with E-state index in [0.717, 1.165) is 31.8 Å². The van der Waals surface area contributed by atoms with Crippen molar-refractivity contribution in [3.05, 3.63) is 135 Å². The van der Waals surface area contributed by atoms with E-state index in [9.17, 15) is 51.8 Å². The number of esters is 2. The minimum atomic E-state index is -0.937. The van der Waals surface area contributed by atoms with Crippen LogP contribution in [0.3, 0.4) is 0 Å². The highest BCUT2D eigenvalue weighted by molar-refractivity contribution is 6.00. The summed E-state index contributed by atoms with van der Waals surface area (Å²) in [5.41, 5.74) is 0.768. The molecule has 0 unspecified atom stereocenters. The van der Waals surface area contributed by atoms with Gasteiger partial charge in [0, 0.05) is 56.8 Å². The van der Waals surface area contributed by atoms with Gasteiger partial charge in [0.2, 0.25) is 11.8 Å². The Morgan fingerprint density at radius 3 is 1.47 bits per heavy atom. The number of nitrogens with one attached hydrogen (secondary N) is 5. The van der Waals surface area contributed by atoms with E-state index in [1.807, 2.05) is 56.2 Å². The summed E-state index contributed by atoms with van der Waals surface area (Å²) < 4.78 is 121. The van der Waals surface area contributed by atoms with Crippen LogP contribution in [0, 0.1) is 17.5 Å². The lowest BCUT2D eigenvalue weighted by atomic mass is 10.1. The Kier molecular flexibility index (Phi) is 47.7. The van der Waals surface area contributed by atoms with Gasteiger partial charge in [0.05, 0.1) is 172 Å². The van der Waals surface area contributed by atoms with Crippen molar-refractivity contribution >= 4 is 70.5 Å². The van der Waals surface area contributed by atoms with Crippen molar-refractivity contribution in [2.24, 2.45) is 0 Å². The number of anilines is 3. The summed E-state index contributed by atoms with van der Waals surface area (Å²) in [4.78, 5) is 114. The number of pyridine rings is 3. The molecule has 9 aromatic rings. The number of aliphatic hydroxyl groups is 7. The van der Waals surface area contributed by atoms with Crippen LogP contribution in [0.2, 0.25) is 0 Å². The van der Waals surface area contributed by atoms with Gasteiger partial charge in [0.1, 0.15) is 95.9 Å². The molecular formula is C93H138F3N19O28. The molecule has 143 heavy (non-hydrogen) atoms. The minimum absolute atomic E-state index is 0. The minimum Gasteiger partial charge on any atom is -0.486 e. The Labute approximate surface area is 825 Å². The van der Waals surface area contributed by atoms with Crippen LogP contribution in [0.4, 0.5) is 45.0 Å². The average molecular weight is 2030 g/mol. The molecule has 5 aliphatic heterocycles. The fraction of sp³-hybridized carbons (Fsp3) is 0.581. The number of fused-ring (bicyclic) bond motifs is 5. The molecule has 794 valence electrons. The first-order valence-corrected chi connectivity index (χ1v) is 45.9. The highest BCUT2D eigenvalue weighted by Crippen LogP contribution is 2.39. The molecule has 4 amide bonds. The zero-order valence-electron chi connectivity index (χ0n) is 83.3. The van der Waals surface area contributed by atoms with Gasteiger partial charge in [-0.1, -0.05) is 21.3 Å². The lowest BCUT2D eigenvalue weighted by Crippen LogP contribution is -2.42. The molecule has 2 bridgehead atoms. The van der Waals surface area contributed by atoms with E-state index in [0.29, 0.717) is 89.8 Å². The molecule has 50 heteroatoms.